The summed E-state index contributed by atoms with van der Waals surface area (Å²) in [7, 11) is 0. The van der Waals surface area contributed by atoms with Crippen LogP contribution in [0.4, 0.5) is 4.39 Å². The molecule has 6 nitrogen and oxygen atoms in total. The number of aromatic nitrogens is 1. The summed E-state index contributed by atoms with van der Waals surface area (Å²) in [5.74, 6) is -0.822. The lowest BCUT2D eigenvalue weighted by molar-refractivity contribution is -0.140. The minimum Gasteiger partial charge on any atom is -0.486 e. The summed E-state index contributed by atoms with van der Waals surface area (Å²) >= 11 is 0. The third-order valence-electron chi connectivity index (χ3n) is 9.32. The van der Waals surface area contributed by atoms with Gasteiger partial charge in [-0.3, -0.25) is 14.6 Å². The molecule has 3 aromatic rings. The van der Waals surface area contributed by atoms with E-state index < -0.39 is 22.6 Å². The van der Waals surface area contributed by atoms with Crippen molar-refractivity contribution < 1.29 is 18.7 Å². The third-order valence-corrected chi connectivity index (χ3v) is 9.32. The number of halogens is 1. The van der Waals surface area contributed by atoms with Crippen LogP contribution in [0, 0.1) is 22.1 Å². The summed E-state index contributed by atoms with van der Waals surface area (Å²) in [6, 6.07) is 14.7. The number of hydrogen-bond acceptors (Lipinski definition) is 4. The molecule has 2 saturated carbocycles. The van der Waals surface area contributed by atoms with Crippen molar-refractivity contribution >= 4 is 22.7 Å². The smallest absolute Gasteiger partial charge is 0.230 e. The first kappa shape index (κ1) is 24.8. The highest BCUT2D eigenvalue weighted by Crippen LogP contribution is 2.67. The van der Waals surface area contributed by atoms with Gasteiger partial charge in [0.15, 0.2) is 11.6 Å². The van der Waals surface area contributed by atoms with Crippen LogP contribution in [0.15, 0.2) is 48.5 Å². The lowest BCUT2D eigenvalue weighted by Gasteiger charge is -2.27. The van der Waals surface area contributed by atoms with Crippen molar-refractivity contribution in [1.82, 2.24) is 9.88 Å². The summed E-state index contributed by atoms with van der Waals surface area (Å²) < 4.78 is 21.2. The first-order valence-electron chi connectivity index (χ1n) is 13.6. The third kappa shape index (κ3) is 4.03. The highest BCUT2D eigenvalue weighted by molar-refractivity contribution is 5.98. The van der Waals surface area contributed by atoms with Gasteiger partial charge in [-0.05, 0) is 80.7 Å². The predicted octanol–water partition coefficient (Wildman–Crippen LogP) is 4.95. The molecule has 2 unspecified atom stereocenters. The molecule has 2 amide bonds. The fraction of sp³-hybridized carbons (Fsp3) is 0.452. The molecule has 1 spiro atoms. The van der Waals surface area contributed by atoms with Gasteiger partial charge >= 0.3 is 0 Å². The predicted molar refractivity (Wildman–Crippen MR) is 143 cm³/mol. The topological polar surface area (TPSA) is 85.5 Å². The summed E-state index contributed by atoms with van der Waals surface area (Å²) in [6.45, 7) is 5.51. The standard InChI is InChI=1S/C31H34FN3O3/c1-3-22-15-21(23-6-4-5-7-25(23)34-22)17-38-26-9-8-20(14-24(26)32)16-31(18-29(31,2)27(33)36)28(37)35-13-12-30(19-35)10-11-30/h4-9,14-15H,3,10-13,16-19H2,1-2H3,(H2,33,36). The van der Waals surface area contributed by atoms with Gasteiger partial charge in [-0.25, -0.2) is 4.39 Å². The molecular weight excluding hydrogens is 481 g/mol. The number of nitrogens with zero attached hydrogens (tertiary/aromatic N) is 2. The number of likely N-dealkylation sites (tertiary alicyclic amines) is 1. The quantitative estimate of drug-likeness (QED) is 0.460. The number of carbonyl (C=O) groups is 2. The van der Waals surface area contributed by atoms with Crippen LogP contribution < -0.4 is 10.5 Å². The first-order chi connectivity index (χ1) is 18.2. The van der Waals surface area contributed by atoms with Gasteiger partial charge in [-0.15, -0.1) is 0 Å². The molecule has 2 atom stereocenters. The van der Waals surface area contributed by atoms with E-state index in [1.807, 2.05) is 35.2 Å². The Morgan fingerprint density at radius 1 is 1.13 bits per heavy atom. The SMILES string of the molecule is CCc1cc(COc2ccc(CC3(C(=O)N4CCC5(CC5)C4)CC3(C)C(N)=O)cc2F)c2ccccc2n1. The fourth-order valence-corrected chi connectivity index (χ4v) is 6.41. The Hall–Kier alpha value is -3.48. The van der Waals surface area contributed by atoms with Crippen molar-refractivity contribution in [2.24, 2.45) is 22.0 Å². The van der Waals surface area contributed by atoms with Crippen LogP contribution in [0.25, 0.3) is 10.9 Å². The molecule has 2 aromatic carbocycles. The number of ether oxygens (including phenoxy) is 1. The lowest BCUT2D eigenvalue weighted by atomic mass is 9.85. The van der Waals surface area contributed by atoms with Crippen molar-refractivity contribution in [3.05, 3.63) is 71.2 Å². The van der Waals surface area contributed by atoms with E-state index in [9.17, 15) is 9.59 Å². The summed E-state index contributed by atoms with van der Waals surface area (Å²) in [6.07, 6.45) is 4.82. The van der Waals surface area contributed by atoms with E-state index in [0.29, 0.717) is 12.0 Å². The zero-order chi connectivity index (χ0) is 26.7. The molecule has 0 radical (unpaired) electrons. The Labute approximate surface area is 222 Å². The average molecular weight is 516 g/mol. The normalized spacial score (nSPS) is 25.1. The number of carbonyl (C=O) groups excluding carboxylic acids is 2. The van der Waals surface area contributed by atoms with Crippen molar-refractivity contribution in [1.29, 1.82) is 0 Å². The number of fused-ring (bicyclic) bond motifs is 1. The van der Waals surface area contributed by atoms with E-state index in [2.05, 4.69) is 11.9 Å². The van der Waals surface area contributed by atoms with Crippen molar-refractivity contribution in [3.8, 4) is 5.75 Å². The molecule has 3 aliphatic rings. The van der Waals surface area contributed by atoms with E-state index in [-0.39, 0.29) is 30.1 Å². The van der Waals surface area contributed by atoms with Crippen LogP contribution in [0.2, 0.25) is 0 Å². The van der Waals surface area contributed by atoms with Gasteiger partial charge in [0.2, 0.25) is 11.8 Å². The van der Waals surface area contributed by atoms with Crippen molar-refractivity contribution in [2.45, 2.75) is 59.0 Å². The summed E-state index contributed by atoms with van der Waals surface area (Å²) in [5.41, 5.74) is 7.68. The molecule has 3 fully saturated rings. The van der Waals surface area contributed by atoms with Crippen LogP contribution in [0.3, 0.4) is 0 Å². The van der Waals surface area contributed by atoms with Crippen LogP contribution in [0.5, 0.6) is 5.75 Å². The Morgan fingerprint density at radius 3 is 2.58 bits per heavy atom. The van der Waals surface area contributed by atoms with Gasteiger partial charge in [-0.2, -0.15) is 0 Å². The van der Waals surface area contributed by atoms with Gasteiger partial charge in [0, 0.05) is 29.7 Å². The molecule has 0 bridgehead atoms. The van der Waals surface area contributed by atoms with E-state index in [1.54, 1.807) is 19.1 Å². The Balaban J connectivity index is 1.21. The molecule has 2 heterocycles. The van der Waals surface area contributed by atoms with Crippen LogP contribution in [0.1, 0.15) is 56.4 Å². The number of rotatable bonds is 8. The molecular formula is C31H34FN3O3. The van der Waals surface area contributed by atoms with E-state index in [0.717, 1.165) is 48.1 Å². The van der Waals surface area contributed by atoms with Crippen molar-refractivity contribution in [2.75, 3.05) is 13.1 Å². The number of pyridine rings is 1. The molecule has 1 saturated heterocycles. The highest BCUT2D eigenvalue weighted by atomic mass is 19.1. The minimum absolute atomic E-state index is 0.0143. The molecule has 6 rings (SSSR count). The molecule has 2 N–H and O–H groups in total. The lowest BCUT2D eigenvalue weighted by Crippen LogP contribution is -2.42. The number of benzene rings is 2. The molecule has 1 aromatic heterocycles. The van der Waals surface area contributed by atoms with E-state index in [1.165, 1.54) is 18.9 Å². The molecule has 38 heavy (non-hydrogen) atoms. The van der Waals surface area contributed by atoms with Gasteiger partial charge in [0.1, 0.15) is 6.61 Å². The van der Waals surface area contributed by atoms with E-state index >= 15 is 4.39 Å². The summed E-state index contributed by atoms with van der Waals surface area (Å²) in [5, 5.41) is 0.983. The van der Waals surface area contributed by atoms with Gasteiger partial charge in [-0.1, -0.05) is 31.2 Å². The van der Waals surface area contributed by atoms with E-state index in [4.69, 9.17) is 10.5 Å². The zero-order valence-corrected chi connectivity index (χ0v) is 22.1. The number of hydrogen-bond donors (Lipinski definition) is 1. The average Bonchev–Trinajstić information content (AvgIpc) is 3.75. The molecule has 1 aliphatic heterocycles. The van der Waals surface area contributed by atoms with Gasteiger partial charge in [0.25, 0.3) is 0 Å². The first-order valence-corrected chi connectivity index (χ1v) is 13.6. The number of aryl methyl sites for hydroxylation is 1. The zero-order valence-electron chi connectivity index (χ0n) is 22.1. The Kier molecular flexibility index (Phi) is 5.74. The molecule has 198 valence electrons. The van der Waals surface area contributed by atoms with Gasteiger partial charge < -0.3 is 15.4 Å². The number of para-hydroxylation sites is 1. The molecule has 2 aliphatic carbocycles. The summed E-state index contributed by atoms with van der Waals surface area (Å²) in [4.78, 5) is 32.7. The fourth-order valence-electron chi connectivity index (χ4n) is 6.41. The second-order valence-electron chi connectivity index (χ2n) is 11.8. The monoisotopic (exact) mass is 515 g/mol. The number of nitrogens with two attached hydrogens (primary N) is 1. The second kappa shape index (κ2) is 8.79. The maximum Gasteiger partial charge on any atom is 0.230 e. The Morgan fingerprint density at radius 2 is 1.92 bits per heavy atom. The molecule has 7 heteroatoms. The second-order valence-corrected chi connectivity index (χ2v) is 11.8. The van der Waals surface area contributed by atoms with Crippen molar-refractivity contribution in [3.63, 3.8) is 0 Å². The maximum atomic E-state index is 15.2. The minimum atomic E-state index is -0.922. The van der Waals surface area contributed by atoms with Crippen LogP contribution in [-0.4, -0.2) is 34.8 Å². The maximum absolute atomic E-state index is 15.2. The number of primary amides is 1. The number of amides is 2. The van der Waals surface area contributed by atoms with Crippen LogP contribution >= 0.6 is 0 Å². The Bertz CT molecular complexity index is 1450. The van der Waals surface area contributed by atoms with Gasteiger partial charge in [0.05, 0.1) is 16.3 Å². The van der Waals surface area contributed by atoms with Crippen LogP contribution in [-0.2, 0) is 29.0 Å². The highest BCUT2D eigenvalue weighted by Gasteiger charge is 2.73. The largest absolute Gasteiger partial charge is 0.486 e.